The number of amides is 1. The predicted molar refractivity (Wildman–Crippen MR) is 84.2 cm³/mol. The van der Waals surface area contributed by atoms with Gasteiger partial charge in [0.05, 0.1) is 17.9 Å². The number of thiophene rings is 1. The van der Waals surface area contributed by atoms with Crippen molar-refractivity contribution in [3.05, 3.63) is 52.7 Å². The monoisotopic (exact) mass is 298 g/mol. The first-order valence-electron chi connectivity index (χ1n) is 6.49. The van der Waals surface area contributed by atoms with E-state index >= 15 is 0 Å². The number of nitrogens with two attached hydrogens (primary N) is 1. The van der Waals surface area contributed by atoms with Crippen molar-refractivity contribution in [3.63, 3.8) is 0 Å². The van der Waals surface area contributed by atoms with Gasteiger partial charge in [-0.25, -0.2) is 0 Å². The second kappa shape index (κ2) is 5.49. The van der Waals surface area contributed by atoms with Crippen molar-refractivity contribution in [2.75, 3.05) is 5.73 Å². The van der Waals surface area contributed by atoms with Gasteiger partial charge in [0, 0.05) is 16.3 Å². The minimum Gasteiger partial charge on any atom is -0.397 e. The van der Waals surface area contributed by atoms with E-state index in [1.807, 2.05) is 31.2 Å². The van der Waals surface area contributed by atoms with Crippen LogP contribution in [0.5, 0.6) is 0 Å². The largest absolute Gasteiger partial charge is 0.397 e. The maximum Gasteiger partial charge on any atom is 0.263 e. The summed E-state index contributed by atoms with van der Waals surface area (Å²) in [4.78, 5) is 12.8. The lowest BCUT2D eigenvalue weighted by atomic mass is 10.1. The van der Waals surface area contributed by atoms with Gasteiger partial charge in [-0.3, -0.25) is 4.79 Å². The second-order valence-electron chi connectivity index (χ2n) is 4.69. The molecule has 2 aromatic heterocycles. The highest BCUT2D eigenvalue weighted by atomic mass is 32.1. The van der Waals surface area contributed by atoms with Crippen LogP contribution in [0.4, 0.5) is 5.69 Å². The third-order valence-corrected chi connectivity index (χ3v) is 4.57. The van der Waals surface area contributed by atoms with Gasteiger partial charge in [-0.1, -0.05) is 18.2 Å². The molecule has 0 unspecified atom stereocenters. The Morgan fingerprint density at radius 2 is 2.19 bits per heavy atom. The number of nitrogens with one attached hydrogen (secondary N) is 1. The topological polar surface area (TPSA) is 80.9 Å². The van der Waals surface area contributed by atoms with E-state index in [0.717, 1.165) is 15.6 Å². The molecule has 0 saturated heterocycles. The summed E-state index contributed by atoms with van der Waals surface area (Å²) in [6.45, 7) is 2.35. The quantitative estimate of drug-likeness (QED) is 0.778. The maximum absolute atomic E-state index is 12.3. The molecule has 0 radical (unpaired) electrons. The normalized spacial score (nSPS) is 10.7. The third kappa shape index (κ3) is 2.57. The Kier molecular flexibility index (Phi) is 3.53. The summed E-state index contributed by atoms with van der Waals surface area (Å²) in [5, 5.41) is 11.5. The van der Waals surface area contributed by atoms with Crippen molar-refractivity contribution in [3.8, 4) is 0 Å². The lowest BCUT2D eigenvalue weighted by Crippen LogP contribution is -2.23. The van der Waals surface area contributed by atoms with Crippen LogP contribution in [0.2, 0.25) is 0 Å². The number of hydrogen-bond acceptors (Lipinski definition) is 5. The number of nitrogens with zero attached hydrogens (tertiary/aromatic N) is 2. The zero-order chi connectivity index (χ0) is 14.8. The average molecular weight is 298 g/mol. The zero-order valence-electron chi connectivity index (χ0n) is 11.5. The molecule has 0 fully saturated rings. The number of aromatic nitrogens is 2. The molecule has 1 amide bonds. The Labute approximate surface area is 125 Å². The van der Waals surface area contributed by atoms with Crippen LogP contribution in [0.1, 0.15) is 20.9 Å². The highest BCUT2D eigenvalue weighted by molar-refractivity contribution is 7.21. The molecule has 21 heavy (non-hydrogen) atoms. The number of fused-ring (bicyclic) bond motifs is 1. The lowest BCUT2D eigenvalue weighted by Gasteiger charge is -2.03. The molecule has 0 aliphatic rings. The first-order chi connectivity index (χ1) is 10.2. The van der Waals surface area contributed by atoms with Gasteiger partial charge in [0.25, 0.3) is 5.91 Å². The molecule has 2 heterocycles. The number of aryl methyl sites for hydroxylation is 1. The van der Waals surface area contributed by atoms with E-state index in [0.29, 0.717) is 22.8 Å². The number of hydrogen-bond donors (Lipinski definition) is 2. The second-order valence-corrected chi connectivity index (χ2v) is 5.71. The standard InChI is InChI=1S/C15H14N4OS/c1-9-4-2-6-11-12(16)14(21-13(9)11)15(20)17-8-10-5-3-7-18-19-10/h2-7H,8,16H2,1H3,(H,17,20). The summed E-state index contributed by atoms with van der Waals surface area (Å²) in [5.41, 5.74) is 8.47. The van der Waals surface area contributed by atoms with Gasteiger partial charge in [-0.2, -0.15) is 10.2 Å². The van der Waals surface area contributed by atoms with Crippen LogP contribution in [0.15, 0.2) is 36.5 Å². The van der Waals surface area contributed by atoms with Crippen LogP contribution >= 0.6 is 11.3 Å². The third-order valence-electron chi connectivity index (χ3n) is 3.21. The number of benzene rings is 1. The molecular weight excluding hydrogens is 284 g/mol. The Balaban J connectivity index is 1.85. The molecule has 0 aliphatic heterocycles. The van der Waals surface area contributed by atoms with Gasteiger partial charge in [0.1, 0.15) is 4.88 Å². The van der Waals surface area contributed by atoms with Crippen molar-refractivity contribution in [1.82, 2.24) is 15.5 Å². The van der Waals surface area contributed by atoms with E-state index in [1.165, 1.54) is 11.3 Å². The van der Waals surface area contributed by atoms with E-state index in [1.54, 1.807) is 12.3 Å². The van der Waals surface area contributed by atoms with Crippen LogP contribution in [0.25, 0.3) is 10.1 Å². The molecule has 0 aliphatic carbocycles. The molecule has 3 rings (SSSR count). The first-order valence-corrected chi connectivity index (χ1v) is 7.31. The summed E-state index contributed by atoms with van der Waals surface area (Å²) >= 11 is 1.42. The number of anilines is 1. The van der Waals surface area contributed by atoms with Gasteiger partial charge in [0.15, 0.2) is 0 Å². The Bertz CT molecular complexity index is 798. The molecule has 6 heteroatoms. The predicted octanol–water partition coefficient (Wildman–Crippen LogP) is 2.51. The maximum atomic E-state index is 12.3. The fourth-order valence-corrected chi connectivity index (χ4v) is 3.23. The van der Waals surface area contributed by atoms with Crippen molar-refractivity contribution in [2.24, 2.45) is 0 Å². The van der Waals surface area contributed by atoms with Gasteiger partial charge in [-0.15, -0.1) is 11.3 Å². The van der Waals surface area contributed by atoms with Crippen molar-refractivity contribution in [2.45, 2.75) is 13.5 Å². The fourth-order valence-electron chi connectivity index (χ4n) is 2.13. The van der Waals surface area contributed by atoms with E-state index < -0.39 is 0 Å². The van der Waals surface area contributed by atoms with Gasteiger partial charge >= 0.3 is 0 Å². The smallest absolute Gasteiger partial charge is 0.263 e. The van der Waals surface area contributed by atoms with Crippen LogP contribution in [0.3, 0.4) is 0 Å². The molecule has 1 aromatic carbocycles. The Morgan fingerprint density at radius 1 is 1.33 bits per heavy atom. The van der Waals surface area contributed by atoms with Crippen LogP contribution in [0, 0.1) is 6.92 Å². The minimum atomic E-state index is -0.182. The number of carbonyl (C=O) groups is 1. The molecule has 3 N–H and O–H groups in total. The van der Waals surface area contributed by atoms with Crippen LogP contribution in [-0.2, 0) is 6.54 Å². The van der Waals surface area contributed by atoms with Crippen molar-refractivity contribution < 1.29 is 4.79 Å². The molecule has 0 spiro atoms. The fraction of sp³-hybridized carbons (Fsp3) is 0.133. The zero-order valence-corrected chi connectivity index (χ0v) is 12.3. The summed E-state index contributed by atoms with van der Waals surface area (Å²) in [6, 6.07) is 9.49. The number of nitrogen functional groups attached to an aromatic ring is 1. The average Bonchev–Trinajstić information content (AvgIpc) is 2.85. The molecule has 5 nitrogen and oxygen atoms in total. The van der Waals surface area contributed by atoms with Crippen LogP contribution < -0.4 is 11.1 Å². The highest BCUT2D eigenvalue weighted by Gasteiger charge is 2.17. The van der Waals surface area contributed by atoms with E-state index in [9.17, 15) is 4.79 Å². The Hall–Kier alpha value is -2.47. The van der Waals surface area contributed by atoms with Gasteiger partial charge in [-0.05, 0) is 24.6 Å². The molecule has 3 aromatic rings. The molecule has 0 saturated carbocycles. The molecule has 0 atom stereocenters. The summed E-state index contributed by atoms with van der Waals surface area (Å²) in [6.07, 6.45) is 1.60. The number of rotatable bonds is 3. The van der Waals surface area contributed by atoms with Gasteiger partial charge < -0.3 is 11.1 Å². The minimum absolute atomic E-state index is 0.182. The summed E-state index contributed by atoms with van der Waals surface area (Å²) in [5.74, 6) is -0.182. The lowest BCUT2D eigenvalue weighted by molar-refractivity contribution is 0.0955. The first kappa shape index (κ1) is 13.5. The van der Waals surface area contributed by atoms with Crippen molar-refractivity contribution in [1.29, 1.82) is 0 Å². The summed E-state index contributed by atoms with van der Waals surface area (Å²) < 4.78 is 1.06. The summed E-state index contributed by atoms with van der Waals surface area (Å²) in [7, 11) is 0. The number of carbonyl (C=O) groups excluding carboxylic acids is 1. The highest BCUT2D eigenvalue weighted by Crippen LogP contribution is 2.35. The van der Waals surface area contributed by atoms with Crippen LogP contribution in [-0.4, -0.2) is 16.1 Å². The van der Waals surface area contributed by atoms with Crippen molar-refractivity contribution >= 4 is 33.0 Å². The van der Waals surface area contributed by atoms with Gasteiger partial charge in [0.2, 0.25) is 0 Å². The van der Waals surface area contributed by atoms with E-state index in [4.69, 9.17) is 5.73 Å². The Morgan fingerprint density at radius 3 is 2.90 bits per heavy atom. The SMILES string of the molecule is Cc1cccc2c(N)c(C(=O)NCc3cccnn3)sc12. The molecular formula is C15H14N4OS. The van der Waals surface area contributed by atoms with E-state index in [2.05, 4.69) is 15.5 Å². The molecule has 0 bridgehead atoms. The van der Waals surface area contributed by atoms with E-state index in [-0.39, 0.29) is 5.91 Å². The molecule has 106 valence electrons.